The predicted molar refractivity (Wildman–Crippen MR) is 82.4 cm³/mol. The maximum atomic E-state index is 13.3. The summed E-state index contributed by atoms with van der Waals surface area (Å²) in [6.45, 7) is 10.5. The standard InChI is InChI=1S/C17H28N2O3/c1-15(2)16(3)4-5-17(15,12-13(16)21)14(22)19-8-6-18(7-9-19)10-11-20/h20H,4-12H2,1-3H3/p+1. The molecule has 0 spiro atoms. The summed E-state index contributed by atoms with van der Waals surface area (Å²) in [7, 11) is 0. The summed E-state index contributed by atoms with van der Waals surface area (Å²) in [5.74, 6) is 0.483. The Morgan fingerprint density at radius 3 is 2.32 bits per heavy atom. The number of hydrogen-bond donors (Lipinski definition) is 2. The molecule has 22 heavy (non-hydrogen) atoms. The van der Waals surface area contributed by atoms with Crippen LogP contribution in [0.3, 0.4) is 0 Å². The van der Waals surface area contributed by atoms with Gasteiger partial charge in [-0.05, 0) is 18.3 Å². The molecule has 5 nitrogen and oxygen atoms in total. The van der Waals surface area contributed by atoms with Gasteiger partial charge in [0, 0.05) is 11.8 Å². The lowest BCUT2D eigenvalue weighted by molar-refractivity contribution is -0.904. The van der Waals surface area contributed by atoms with Gasteiger partial charge in [-0.3, -0.25) is 9.59 Å². The Labute approximate surface area is 132 Å². The molecule has 1 heterocycles. The lowest BCUT2D eigenvalue weighted by atomic mass is 9.64. The van der Waals surface area contributed by atoms with Gasteiger partial charge in [0.25, 0.3) is 0 Å². The zero-order chi connectivity index (χ0) is 16.2. The van der Waals surface area contributed by atoms with Crippen LogP contribution in [0, 0.1) is 16.2 Å². The highest BCUT2D eigenvalue weighted by atomic mass is 16.3. The van der Waals surface area contributed by atoms with Crippen LogP contribution in [0.4, 0.5) is 0 Å². The zero-order valence-corrected chi connectivity index (χ0v) is 14.1. The zero-order valence-electron chi connectivity index (χ0n) is 14.1. The van der Waals surface area contributed by atoms with Crippen LogP contribution in [0.15, 0.2) is 0 Å². The molecule has 2 aliphatic carbocycles. The summed E-state index contributed by atoms with van der Waals surface area (Å²) < 4.78 is 0. The Kier molecular flexibility index (Phi) is 3.64. The van der Waals surface area contributed by atoms with Gasteiger partial charge >= 0.3 is 0 Å². The van der Waals surface area contributed by atoms with E-state index in [4.69, 9.17) is 5.11 Å². The number of fused-ring (bicyclic) bond motifs is 2. The number of ketones is 1. The van der Waals surface area contributed by atoms with E-state index in [-0.39, 0.29) is 29.1 Å². The molecule has 1 aliphatic heterocycles. The third-order valence-electron chi connectivity index (χ3n) is 7.34. The molecule has 2 unspecified atom stereocenters. The number of piperazine rings is 1. The number of nitrogens with zero attached hydrogens (tertiary/aromatic N) is 1. The monoisotopic (exact) mass is 309 g/mol. The minimum Gasteiger partial charge on any atom is -0.391 e. The van der Waals surface area contributed by atoms with Gasteiger partial charge in [-0.25, -0.2) is 0 Å². The number of aliphatic hydroxyl groups excluding tert-OH is 1. The Bertz CT molecular complexity index is 496. The van der Waals surface area contributed by atoms with Crippen molar-refractivity contribution >= 4 is 11.7 Å². The van der Waals surface area contributed by atoms with E-state index in [0.717, 1.165) is 45.6 Å². The van der Waals surface area contributed by atoms with Gasteiger partial charge in [-0.2, -0.15) is 0 Å². The van der Waals surface area contributed by atoms with Gasteiger partial charge < -0.3 is 14.9 Å². The van der Waals surface area contributed by atoms with Gasteiger partial charge in [-0.15, -0.1) is 0 Å². The fourth-order valence-electron chi connectivity index (χ4n) is 5.07. The van der Waals surface area contributed by atoms with Crippen molar-refractivity contribution in [1.29, 1.82) is 0 Å². The van der Waals surface area contributed by atoms with Crippen LogP contribution in [-0.4, -0.2) is 61.0 Å². The van der Waals surface area contributed by atoms with Crippen LogP contribution >= 0.6 is 0 Å². The second kappa shape index (κ2) is 5.03. The number of carbonyl (C=O) groups excluding carboxylic acids is 2. The number of amides is 1. The highest BCUT2D eigenvalue weighted by molar-refractivity contribution is 5.99. The van der Waals surface area contributed by atoms with E-state index in [1.54, 1.807) is 0 Å². The normalized spacial score (nSPS) is 37.8. The molecule has 2 bridgehead atoms. The van der Waals surface area contributed by atoms with E-state index in [1.807, 2.05) is 4.90 Å². The maximum absolute atomic E-state index is 13.3. The Hall–Kier alpha value is -0.940. The van der Waals surface area contributed by atoms with Crippen molar-refractivity contribution in [3.05, 3.63) is 0 Å². The molecule has 5 heteroatoms. The molecule has 0 radical (unpaired) electrons. The number of hydrogen-bond acceptors (Lipinski definition) is 3. The van der Waals surface area contributed by atoms with Crippen molar-refractivity contribution in [2.24, 2.45) is 16.2 Å². The molecule has 2 saturated carbocycles. The molecule has 3 fully saturated rings. The Balaban J connectivity index is 1.77. The van der Waals surface area contributed by atoms with Crippen LogP contribution < -0.4 is 4.90 Å². The minimum absolute atomic E-state index is 0.201. The van der Waals surface area contributed by atoms with E-state index >= 15 is 0 Å². The fraction of sp³-hybridized carbons (Fsp3) is 0.882. The summed E-state index contributed by atoms with van der Waals surface area (Å²) in [5, 5.41) is 9.04. The summed E-state index contributed by atoms with van der Waals surface area (Å²) in [4.78, 5) is 29.1. The van der Waals surface area contributed by atoms with E-state index in [2.05, 4.69) is 20.8 Å². The lowest BCUT2D eigenvalue weighted by Gasteiger charge is -2.43. The van der Waals surface area contributed by atoms with Crippen molar-refractivity contribution in [2.75, 3.05) is 39.3 Å². The fourth-order valence-corrected chi connectivity index (χ4v) is 5.07. The third kappa shape index (κ3) is 1.84. The van der Waals surface area contributed by atoms with Gasteiger partial charge in [0.1, 0.15) is 12.3 Å². The number of carbonyl (C=O) groups is 2. The van der Waals surface area contributed by atoms with Crippen molar-refractivity contribution in [1.82, 2.24) is 4.90 Å². The molecule has 0 aromatic rings. The van der Waals surface area contributed by atoms with Crippen molar-refractivity contribution in [2.45, 2.75) is 40.0 Å². The maximum Gasteiger partial charge on any atom is 0.230 e. The second-order valence-electron chi connectivity index (χ2n) is 8.15. The number of Topliss-reactive ketones (excluding diaryl/α,β-unsaturated/α-hetero) is 1. The van der Waals surface area contributed by atoms with Crippen LogP contribution in [0.5, 0.6) is 0 Å². The van der Waals surface area contributed by atoms with Gasteiger partial charge in [0.05, 0.1) is 38.2 Å². The van der Waals surface area contributed by atoms with Crippen molar-refractivity contribution in [3.8, 4) is 0 Å². The molecule has 124 valence electrons. The van der Waals surface area contributed by atoms with Crippen molar-refractivity contribution in [3.63, 3.8) is 0 Å². The average molecular weight is 309 g/mol. The molecule has 3 aliphatic rings. The smallest absolute Gasteiger partial charge is 0.230 e. The van der Waals surface area contributed by atoms with Crippen LogP contribution in [0.2, 0.25) is 0 Å². The van der Waals surface area contributed by atoms with E-state index in [1.165, 1.54) is 4.90 Å². The van der Waals surface area contributed by atoms with E-state index in [0.29, 0.717) is 6.42 Å². The molecule has 1 saturated heterocycles. The van der Waals surface area contributed by atoms with Crippen molar-refractivity contribution < 1.29 is 19.6 Å². The largest absolute Gasteiger partial charge is 0.391 e. The Morgan fingerprint density at radius 2 is 1.86 bits per heavy atom. The molecule has 3 rings (SSSR count). The van der Waals surface area contributed by atoms with Gasteiger partial charge in [0.15, 0.2) is 0 Å². The molecule has 2 N–H and O–H groups in total. The van der Waals surface area contributed by atoms with Crippen LogP contribution in [-0.2, 0) is 9.59 Å². The molecule has 0 aromatic heterocycles. The topological polar surface area (TPSA) is 62.1 Å². The predicted octanol–water partition coefficient (Wildman–Crippen LogP) is -0.509. The molecule has 1 amide bonds. The first-order valence-electron chi connectivity index (χ1n) is 8.56. The second-order valence-corrected chi connectivity index (χ2v) is 8.15. The Morgan fingerprint density at radius 1 is 1.23 bits per heavy atom. The van der Waals surface area contributed by atoms with E-state index < -0.39 is 5.41 Å². The molecule has 0 aromatic carbocycles. The summed E-state index contributed by atoms with van der Waals surface area (Å²) in [6, 6.07) is 0. The van der Waals surface area contributed by atoms with E-state index in [9.17, 15) is 9.59 Å². The average Bonchev–Trinajstić information content (AvgIpc) is 2.78. The van der Waals surface area contributed by atoms with Crippen LogP contribution in [0.25, 0.3) is 0 Å². The molecule has 2 atom stereocenters. The first-order chi connectivity index (χ1) is 10.3. The number of quaternary nitrogens is 1. The lowest BCUT2D eigenvalue weighted by Crippen LogP contribution is -3.15. The van der Waals surface area contributed by atoms with Gasteiger partial charge in [0.2, 0.25) is 5.91 Å². The molecular formula is C17H29N2O3+. The third-order valence-corrected chi connectivity index (χ3v) is 7.34. The minimum atomic E-state index is -0.479. The SMILES string of the molecule is CC12CCC(C(=O)N3CC[NH+](CCO)CC3)(CC1=O)C2(C)C. The number of aliphatic hydroxyl groups is 1. The quantitative estimate of drug-likeness (QED) is 0.738. The van der Waals surface area contributed by atoms with Crippen LogP contribution in [0.1, 0.15) is 40.0 Å². The highest BCUT2D eigenvalue weighted by Crippen LogP contribution is 2.70. The first kappa shape index (κ1) is 15.9. The number of nitrogens with one attached hydrogen (secondary N) is 1. The van der Waals surface area contributed by atoms with Gasteiger partial charge in [-0.1, -0.05) is 20.8 Å². The summed E-state index contributed by atoms with van der Waals surface area (Å²) in [5.41, 5.74) is -1.05. The number of rotatable bonds is 3. The summed E-state index contributed by atoms with van der Waals surface area (Å²) in [6.07, 6.45) is 2.13. The highest BCUT2D eigenvalue weighted by Gasteiger charge is 2.73. The molecular weight excluding hydrogens is 280 g/mol. The first-order valence-corrected chi connectivity index (χ1v) is 8.56. The summed E-state index contributed by atoms with van der Waals surface area (Å²) >= 11 is 0.